The molecule has 0 amide bonds. The lowest BCUT2D eigenvalue weighted by Crippen LogP contribution is -2.33. The summed E-state index contributed by atoms with van der Waals surface area (Å²) in [5, 5.41) is 15.1. The van der Waals surface area contributed by atoms with Gasteiger partial charge in [0.05, 0.1) is 6.20 Å². The topological polar surface area (TPSA) is 56.8 Å². The smallest absolute Gasteiger partial charge is 0.138 e. The van der Waals surface area contributed by atoms with Gasteiger partial charge in [-0.05, 0) is 12.0 Å². The number of hydrogen-bond donors (Lipinski definition) is 2. The van der Waals surface area contributed by atoms with E-state index in [1.807, 2.05) is 0 Å². The van der Waals surface area contributed by atoms with Gasteiger partial charge in [0, 0.05) is 38.0 Å². The van der Waals surface area contributed by atoms with Crippen molar-refractivity contribution in [2.45, 2.75) is 24.0 Å². The van der Waals surface area contributed by atoms with Crippen LogP contribution < -0.4 is 5.32 Å². The number of likely N-dealkylation sites (tertiary alicyclic amines) is 1. The van der Waals surface area contributed by atoms with E-state index in [1.54, 1.807) is 18.0 Å². The highest BCUT2D eigenvalue weighted by Crippen LogP contribution is 2.14. The fraction of sp³-hybridized carbons (Fsp3) is 0.467. The van der Waals surface area contributed by atoms with Crippen molar-refractivity contribution in [3.05, 3.63) is 42.1 Å². The van der Waals surface area contributed by atoms with Crippen LogP contribution in [0.1, 0.15) is 12.0 Å². The number of rotatable bonds is 7. The predicted molar refractivity (Wildman–Crippen MR) is 85.2 cm³/mol. The molecule has 1 aliphatic heterocycles. The van der Waals surface area contributed by atoms with Crippen LogP contribution in [0.3, 0.4) is 0 Å². The zero-order chi connectivity index (χ0) is 14.3. The summed E-state index contributed by atoms with van der Waals surface area (Å²) in [6.45, 7) is 4.40. The molecule has 1 fully saturated rings. The second-order valence-corrected chi connectivity index (χ2v) is 6.43. The molecule has 6 heteroatoms. The van der Waals surface area contributed by atoms with Gasteiger partial charge in [0.2, 0.25) is 0 Å². The van der Waals surface area contributed by atoms with Crippen molar-refractivity contribution in [3.8, 4) is 0 Å². The zero-order valence-corrected chi connectivity index (χ0v) is 12.9. The van der Waals surface area contributed by atoms with Gasteiger partial charge in [-0.3, -0.25) is 4.90 Å². The quantitative estimate of drug-likeness (QED) is 0.603. The number of benzene rings is 1. The second-order valence-electron chi connectivity index (χ2n) is 5.32. The molecule has 0 spiro atoms. The van der Waals surface area contributed by atoms with Crippen molar-refractivity contribution >= 4 is 11.8 Å². The van der Waals surface area contributed by atoms with Crippen LogP contribution in [0.4, 0.5) is 0 Å². The van der Waals surface area contributed by atoms with Crippen LogP contribution >= 0.6 is 11.8 Å². The van der Waals surface area contributed by atoms with Gasteiger partial charge in [-0.15, -0.1) is 16.9 Å². The highest BCUT2D eigenvalue weighted by Gasteiger charge is 2.21. The minimum absolute atomic E-state index is 0.617. The van der Waals surface area contributed by atoms with Crippen molar-refractivity contribution < 1.29 is 0 Å². The third kappa shape index (κ3) is 4.56. The average molecular weight is 303 g/mol. The molecule has 3 rings (SSSR count). The minimum atomic E-state index is 0.617. The number of nitrogens with one attached hydrogen (secondary N) is 2. The van der Waals surface area contributed by atoms with Crippen LogP contribution in [0, 0.1) is 0 Å². The maximum absolute atomic E-state index is 4.04. The lowest BCUT2D eigenvalue weighted by Gasteiger charge is -2.16. The summed E-state index contributed by atoms with van der Waals surface area (Å²) in [4.78, 5) is 2.53. The van der Waals surface area contributed by atoms with Crippen LogP contribution in [0.2, 0.25) is 0 Å². The van der Waals surface area contributed by atoms with Gasteiger partial charge < -0.3 is 5.32 Å². The van der Waals surface area contributed by atoms with Gasteiger partial charge in [0.15, 0.2) is 0 Å². The van der Waals surface area contributed by atoms with E-state index in [0.29, 0.717) is 6.04 Å². The fourth-order valence-corrected chi connectivity index (χ4v) is 3.33. The summed E-state index contributed by atoms with van der Waals surface area (Å²) in [5.74, 6) is 1.03. The molecule has 1 atom stereocenters. The molecule has 0 bridgehead atoms. The Balaban J connectivity index is 1.33. The van der Waals surface area contributed by atoms with Crippen LogP contribution in [0.15, 0.2) is 41.6 Å². The maximum atomic E-state index is 4.04. The minimum Gasteiger partial charge on any atom is -0.312 e. The van der Waals surface area contributed by atoms with Crippen molar-refractivity contribution in [2.75, 3.05) is 25.4 Å². The van der Waals surface area contributed by atoms with Gasteiger partial charge in [0.25, 0.3) is 0 Å². The standard InChI is InChI=1S/C15H21N5S/c1-2-4-13(5-3-1)11-20-8-6-14(12-20)16-7-9-21-15-10-17-19-18-15/h1-5,10,14,16H,6-9,11-12H2,(H,17,18,19). The van der Waals surface area contributed by atoms with Crippen LogP contribution in [0.5, 0.6) is 0 Å². The van der Waals surface area contributed by atoms with Crippen molar-refractivity contribution in [2.24, 2.45) is 0 Å². The van der Waals surface area contributed by atoms with E-state index in [2.05, 4.69) is 56.0 Å². The first kappa shape index (κ1) is 14.6. The SMILES string of the molecule is c1ccc(CN2CCC(NCCSc3cn[nH]n3)C2)cc1. The maximum Gasteiger partial charge on any atom is 0.138 e. The molecule has 0 radical (unpaired) electrons. The van der Waals surface area contributed by atoms with E-state index in [-0.39, 0.29) is 0 Å². The molecule has 2 N–H and O–H groups in total. The molecule has 5 nitrogen and oxygen atoms in total. The Bertz CT molecular complexity index is 516. The molecule has 1 aliphatic rings. The molecular formula is C15H21N5S. The van der Waals surface area contributed by atoms with E-state index in [0.717, 1.165) is 30.4 Å². The van der Waals surface area contributed by atoms with E-state index in [9.17, 15) is 0 Å². The first-order valence-electron chi connectivity index (χ1n) is 7.38. The van der Waals surface area contributed by atoms with Gasteiger partial charge in [-0.25, -0.2) is 0 Å². The number of aromatic nitrogens is 3. The third-order valence-electron chi connectivity index (χ3n) is 3.70. The zero-order valence-electron chi connectivity index (χ0n) is 12.0. The number of hydrogen-bond acceptors (Lipinski definition) is 5. The molecule has 2 heterocycles. The Morgan fingerprint density at radius 2 is 2.24 bits per heavy atom. The first-order valence-corrected chi connectivity index (χ1v) is 8.37. The summed E-state index contributed by atoms with van der Waals surface area (Å²) >= 11 is 1.73. The normalized spacial score (nSPS) is 19.1. The Labute approximate surface area is 129 Å². The van der Waals surface area contributed by atoms with Crippen molar-refractivity contribution in [3.63, 3.8) is 0 Å². The summed E-state index contributed by atoms with van der Waals surface area (Å²) in [6.07, 6.45) is 3.00. The third-order valence-corrected chi connectivity index (χ3v) is 4.60. The lowest BCUT2D eigenvalue weighted by atomic mass is 10.2. The lowest BCUT2D eigenvalue weighted by molar-refractivity contribution is 0.321. The van der Waals surface area contributed by atoms with E-state index in [4.69, 9.17) is 0 Å². The number of H-pyrrole nitrogens is 1. The molecule has 1 aromatic carbocycles. The number of thioether (sulfide) groups is 1. The summed E-state index contributed by atoms with van der Waals surface area (Å²) in [6, 6.07) is 11.3. The van der Waals surface area contributed by atoms with E-state index >= 15 is 0 Å². The molecule has 1 saturated heterocycles. The molecular weight excluding hydrogens is 282 g/mol. The van der Waals surface area contributed by atoms with Gasteiger partial charge in [0.1, 0.15) is 5.03 Å². The molecule has 112 valence electrons. The van der Waals surface area contributed by atoms with Crippen LogP contribution in [-0.4, -0.2) is 51.7 Å². The Hall–Kier alpha value is -1.37. The Kier molecular flexibility index (Phi) is 5.26. The summed E-state index contributed by atoms with van der Waals surface area (Å²) in [5.41, 5.74) is 1.40. The molecule has 1 unspecified atom stereocenters. The van der Waals surface area contributed by atoms with Crippen molar-refractivity contribution in [1.29, 1.82) is 0 Å². The predicted octanol–water partition coefficient (Wildman–Crippen LogP) is 1.76. The molecule has 1 aromatic heterocycles. The second kappa shape index (κ2) is 7.59. The number of nitrogens with zero attached hydrogens (tertiary/aromatic N) is 3. The molecule has 21 heavy (non-hydrogen) atoms. The number of aromatic amines is 1. The summed E-state index contributed by atoms with van der Waals surface area (Å²) < 4.78 is 0. The average Bonchev–Trinajstić information content (AvgIpc) is 3.17. The molecule has 0 saturated carbocycles. The highest BCUT2D eigenvalue weighted by atomic mass is 32.2. The van der Waals surface area contributed by atoms with Gasteiger partial charge in [-0.1, -0.05) is 30.3 Å². The van der Waals surface area contributed by atoms with E-state index < -0.39 is 0 Å². The Morgan fingerprint density at radius 1 is 1.33 bits per heavy atom. The monoisotopic (exact) mass is 303 g/mol. The Morgan fingerprint density at radius 3 is 3.05 bits per heavy atom. The van der Waals surface area contributed by atoms with Gasteiger partial charge in [-0.2, -0.15) is 10.3 Å². The molecule has 2 aromatic rings. The molecule has 0 aliphatic carbocycles. The van der Waals surface area contributed by atoms with Gasteiger partial charge >= 0.3 is 0 Å². The van der Waals surface area contributed by atoms with Crippen LogP contribution in [0.25, 0.3) is 0 Å². The summed E-state index contributed by atoms with van der Waals surface area (Å²) in [7, 11) is 0. The fourth-order valence-electron chi connectivity index (χ4n) is 2.66. The van der Waals surface area contributed by atoms with E-state index in [1.165, 1.54) is 18.5 Å². The highest BCUT2D eigenvalue weighted by molar-refractivity contribution is 7.99. The largest absolute Gasteiger partial charge is 0.312 e. The first-order chi connectivity index (χ1) is 10.4. The van der Waals surface area contributed by atoms with Crippen LogP contribution in [-0.2, 0) is 6.54 Å². The van der Waals surface area contributed by atoms with Crippen molar-refractivity contribution in [1.82, 2.24) is 25.6 Å².